The highest BCUT2D eigenvalue weighted by atomic mass is 35.5. The van der Waals surface area contributed by atoms with Crippen LogP contribution in [-0.2, 0) is 28.2 Å². The van der Waals surface area contributed by atoms with Gasteiger partial charge >= 0.3 is 0 Å². The van der Waals surface area contributed by atoms with E-state index in [1.54, 1.807) is 12.1 Å². The number of nitro benzene ring substituents is 1. The summed E-state index contributed by atoms with van der Waals surface area (Å²) >= 11 is 5.77. The molecule has 0 spiro atoms. The van der Waals surface area contributed by atoms with Crippen LogP contribution in [0.3, 0.4) is 0 Å². The fraction of sp³-hybridized carbons (Fsp3) is 0.357. The van der Waals surface area contributed by atoms with Gasteiger partial charge in [0.1, 0.15) is 18.1 Å². The molecule has 2 aromatic rings. The zero-order valence-electron chi connectivity index (χ0n) is 14.2. The second-order valence-corrected chi connectivity index (χ2v) is 6.68. The highest BCUT2D eigenvalue weighted by Gasteiger charge is 2.13. The second-order valence-electron chi connectivity index (χ2n) is 5.09. The first-order chi connectivity index (χ1) is 12.1. The molecule has 1 heterocycles. The van der Waals surface area contributed by atoms with Crippen LogP contribution in [-0.4, -0.2) is 36.1 Å². The van der Waals surface area contributed by atoms with Crippen LogP contribution in [0.15, 0.2) is 36.9 Å². The first-order valence-electron chi connectivity index (χ1n) is 7.32. The molecule has 144 valence electrons. The Bertz CT molecular complexity index is 840. The number of nitro groups is 1. The van der Waals surface area contributed by atoms with E-state index in [4.69, 9.17) is 11.6 Å². The van der Waals surface area contributed by atoms with Gasteiger partial charge in [0.15, 0.2) is 0 Å². The van der Waals surface area contributed by atoms with Crippen LogP contribution in [0.5, 0.6) is 0 Å². The summed E-state index contributed by atoms with van der Waals surface area (Å²) in [6, 6.07) is 4.63. The van der Waals surface area contributed by atoms with Crippen molar-refractivity contribution < 1.29 is 26.6 Å². The summed E-state index contributed by atoms with van der Waals surface area (Å²) < 4.78 is 35.1. The number of anilines is 1. The largest absolute Gasteiger partial charge is 0.726 e. The van der Waals surface area contributed by atoms with Gasteiger partial charge in [-0.2, -0.15) is 0 Å². The number of hydrogen-bond acceptors (Lipinski definition) is 7. The number of aryl methyl sites for hydroxylation is 2. The van der Waals surface area contributed by atoms with Crippen molar-refractivity contribution in [2.75, 3.05) is 19.0 Å². The molecule has 2 rings (SSSR count). The van der Waals surface area contributed by atoms with Crippen molar-refractivity contribution in [3.8, 4) is 0 Å². The quantitative estimate of drug-likeness (QED) is 0.184. The Labute approximate surface area is 156 Å². The van der Waals surface area contributed by atoms with Gasteiger partial charge < -0.3 is 9.87 Å². The number of imidazole rings is 1. The maximum atomic E-state index is 10.9. The van der Waals surface area contributed by atoms with Crippen molar-refractivity contribution in [3.63, 3.8) is 0 Å². The topological polar surface area (TPSA) is 130 Å². The summed E-state index contributed by atoms with van der Waals surface area (Å²) in [5.74, 6) is 0. The number of aromatic nitrogens is 2. The zero-order valence-corrected chi connectivity index (χ0v) is 15.7. The molecule has 0 bridgehead atoms. The summed E-state index contributed by atoms with van der Waals surface area (Å²) in [6.07, 6.45) is 6.82. The van der Waals surface area contributed by atoms with Gasteiger partial charge in [-0.1, -0.05) is 11.6 Å². The van der Waals surface area contributed by atoms with E-state index >= 15 is 0 Å². The molecule has 1 aromatic carbocycles. The van der Waals surface area contributed by atoms with E-state index in [0.29, 0.717) is 17.3 Å². The molecule has 0 aliphatic rings. The molecule has 26 heavy (non-hydrogen) atoms. The van der Waals surface area contributed by atoms with Gasteiger partial charge in [0.05, 0.1) is 25.6 Å². The third-order valence-electron chi connectivity index (χ3n) is 3.09. The summed E-state index contributed by atoms with van der Waals surface area (Å²) in [4.78, 5) is 10.5. The summed E-state index contributed by atoms with van der Waals surface area (Å²) in [7, 11) is -1.64. The minimum atomic E-state index is -4.41. The molecule has 1 N–H and O–H groups in total. The predicted molar refractivity (Wildman–Crippen MR) is 93.5 cm³/mol. The van der Waals surface area contributed by atoms with Crippen molar-refractivity contribution in [2.45, 2.75) is 13.0 Å². The molecule has 0 fully saturated rings. The maximum Gasteiger partial charge on any atom is 0.293 e. The molecule has 0 aliphatic heterocycles. The Hall–Kier alpha value is -2.21. The lowest BCUT2D eigenvalue weighted by Gasteiger charge is -2.06. The normalized spacial score (nSPS) is 10.8. The average molecular weight is 407 g/mol. The lowest BCUT2D eigenvalue weighted by Crippen LogP contribution is -2.23. The highest BCUT2D eigenvalue weighted by Crippen LogP contribution is 2.27. The number of hydrogen-bond donors (Lipinski definition) is 1. The Kier molecular flexibility index (Phi) is 8.45. The van der Waals surface area contributed by atoms with Gasteiger partial charge in [-0.3, -0.25) is 14.3 Å². The Balaban J connectivity index is 0.000000487. The second kappa shape index (κ2) is 10.1. The molecule has 1 aromatic heterocycles. The standard InChI is InChI=1S/C13H16ClN4O2.CH4O4S/c1-16-7-8-17(10-16)6-2-5-15-12-4-3-11(14)9-13(12)18(19)20;1-5-6(2,3)4/h3-4,7-10,15H,2,5-6H2,1H3;1H3,(H,2,3,4)/q+1;/p-1. The molecular formula is C14H19ClN4O6S. The van der Waals surface area contributed by atoms with E-state index in [-0.39, 0.29) is 5.69 Å². The molecule has 12 heteroatoms. The molecular weight excluding hydrogens is 388 g/mol. The fourth-order valence-electron chi connectivity index (χ4n) is 1.92. The van der Waals surface area contributed by atoms with Crippen molar-refractivity contribution in [2.24, 2.45) is 7.05 Å². The molecule has 0 aliphatic carbocycles. The van der Waals surface area contributed by atoms with E-state index < -0.39 is 15.3 Å². The molecule has 0 saturated carbocycles. The van der Waals surface area contributed by atoms with E-state index in [1.165, 1.54) is 6.07 Å². The minimum Gasteiger partial charge on any atom is -0.726 e. The van der Waals surface area contributed by atoms with E-state index in [1.807, 2.05) is 30.3 Å². The fourth-order valence-corrected chi connectivity index (χ4v) is 2.09. The van der Waals surface area contributed by atoms with Crippen molar-refractivity contribution >= 4 is 33.4 Å². The maximum absolute atomic E-state index is 10.9. The third kappa shape index (κ3) is 8.25. The van der Waals surface area contributed by atoms with E-state index in [9.17, 15) is 23.1 Å². The molecule has 0 amide bonds. The van der Waals surface area contributed by atoms with E-state index in [0.717, 1.165) is 20.1 Å². The van der Waals surface area contributed by atoms with Crippen LogP contribution in [0.4, 0.5) is 11.4 Å². The van der Waals surface area contributed by atoms with Gasteiger partial charge in [-0.05, 0) is 12.1 Å². The monoisotopic (exact) mass is 406 g/mol. The number of halogens is 1. The van der Waals surface area contributed by atoms with Crippen LogP contribution in [0.1, 0.15) is 6.42 Å². The van der Waals surface area contributed by atoms with Crippen LogP contribution >= 0.6 is 11.6 Å². The van der Waals surface area contributed by atoms with Crippen LogP contribution in [0.25, 0.3) is 0 Å². The van der Waals surface area contributed by atoms with Crippen molar-refractivity contribution in [3.05, 3.63) is 52.1 Å². The summed E-state index contributed by atoms with van der Waals surface area (Å²) in [5.41, 5.74) is 0.502. The Morgan fingerprint density at radius 3 is 2.58 bits per heavy atom. The smallest absolute Gasteiger partial charge is 0.293 e. The summed E-state index contributed by atoms with van der Waals surface area (Å²) in [6.45, 7) is 1.51. The average Bonchev–Trinajstić information content (AvgIpc) is 2.98. The SMILES string of the molecule is COS(=O)(=O)[O-].C[n+]1ccn(CCCNc2ccc(Cl)cc2[N+](=O)[O-])c1. The first-order valence-corrected chi connectivity index (χ1v) is 9.04. The van der Waals surface area contributed by atoms with Crippen molar-refractivity contribution in [1.82, 2.24) is 4.57 Å². The minimum absolute atomic E-state index is 0.00450. The molecule has 0 radical (unpaired) electrons. The van der Waals surface area contributed by atoms with Gasteiger partial charge in [0, 0.05) is 24.1 Å². The predicted octanol–water partition coefficient (Wildman–Crippen LogP) is 1.47. The number of nitrogens with zero attached hydrogens (tertiary/aromatic N) is 3. The molecule has 10 nitrogen and oxygen atoms in total. The van der Waals surface area contributed by atoms with Gasteiger partial charge in [-0.25, -0.2) is 17.6 Å². The zero-order chi connectivity index (χ0) is 19.7. The van der Waals surface area contributed by atoms with Gasteiger partial charge in [0.2, 0.25) is 16.7 Å². The van der Waals surface area contributed by atoms with Crippen LogP contribution in [0.2, 0.25) is 5.02 Å². The van der Waals surface area contributed by atoms with Gasteiger partial charge in [-0.15, -0.1) is 0 Å². The summed E-state index contributed by atoms with van der Waals surface area (Å²) in [5, 5.41) is 14.4. The molecule has 0 atom stereocenters. The number of benzene rings is 1. The number of rotatable bonds is 7. The number of nitrogens with one attached hydrogen (secondary N) is 1. The lowest BCUT2D eigenvalue weighted by molar-refractivity contribution is -0.671. The van der Waals surface area contributed by atoms with Crippen molar-refractivity contribution in [1.29, 1.82) is 0 Å². The van der Waals surface area contributed by atoms with Crippen LogP contribution < -0.4 is 9.88 Å². The lowest BCUT2D eigenvalue weighted by atomic mass is 10.2. The Morgan fingerprint density at radius 1 is 1.42 bits per heavy atom. The molecule has 0 unspecified atom stereocenters. The highest BCUT2D eigenvalue weighted by molar-refractivity contribution is 7.80. The van der Waals surface area contributed by atoms with Crippen LogP contribution in [0, 0.1) is 10.1 Å². The Morgan fingerprint density at radius 2 is 2.08 bits per heavy atom. The van der Waals surface area contributed by atoms with E-state index in [2.05, 4.69) is 14.1 Å². The first kappa shape index (κ1) is 21.8. The van der Waals surface area contributed by atoms with Gasteiger partial charge in [0.25, 0.3) is 5.69 Å². The third-order valence-corrected chi connectivity index (χ3v) is 3.74. The molecule has 0 saturated heterocycles.